The van der Waals surface area contributed by atoms with Gasteiger partial charge in [-0.2, -0.15) is 5.10 Å². The lowest BCUT2D eigenvalue weighted by atomic mass is 9.80. The molecule has 1 saturated carbocycles. The molecule has 0 radical (unpaired) electrons. The van der Waals surface area contributed by atoms with E-state index in [-0.39, 0.29) is 18.5 Å². The summed E-state index contributed by atoms with van der Waals surface area (Å²) in [4.78, 5) is 30.4. The molecule has 0 aromatic carbocycles. The number of thioether (sulfide) groups is 1. The number of fused-ring (bicyclic) bond motifs is 1. The Morgan fingerprint density at radius 3 is 3.00 bits per heavy atom. The van der Waals surface area contributed by atoms with Crippen LogP contribution in [0.5, 0.6) is 0 Å². The fourth-order valence-corrected chi connectivity index (χ4v) is 5.76. The molecule has 3 aliphatic rings. The molecule has 4 N–H and O–H groups in total. The zero-order valence-electron chi connectivity index (χ0n) is 16.9. The van der Waals surface area contributed by atoms with Gasteiger partial charge in [0.2, 0.25) is 0 Å². The van der Waals surface area contributed by atoms with Crippen LogP contribution in [0, 0.1) is 5.92 Å². The summed E-state index contributed by atoms with van der Waals surface area (Å²) in [5, 5.41) is 17.4. The van der Waals surface area contributed by atoms with Gasteiger partial charge in [0.05, 0.1) is 18.8 Å². The van der Waals surface area contributed by atoms with Crippen molar-refractivity contribution in [2.75, 3.05) is 17.7 Å². The van der Waals surface area contributed by atoms with Crippen LogP contribution in [0.3, 0.4) is 0 Å². The Hall–Kier alpha value is -2.44. The minimum absolute atomic E-state index is 0.203. The van der Waals surface area contributed by atoms with Crippen molar-refractivity contribution in [3.8, 4) is 0 Å². The smallest absolute Gasteiger partial charge is 0.290 e. The monoisotopic (exact) mass is 464 g/mol. The largest absolute Gasteiger partial charge is 0.483 e. The van der Waals surface area contributed by atoms with Crippen LogP contribution >= 0.6 is 23.1 Å². The Kier molecular flexibility index (Phi) is 6.30. The molecule has 5 rings (SSSR count). The lowest BCUT2D eigenvalue weighted by molar-refractivity contribution is -0.122. The van der Waals surface area contributed by atoms with E-state index in [0.717, 1.165) is 30.0 Å². The van der Waals surface area contributed by atoms with Crippen molar-refractivity contribution < 1.29 is 19.4 Å². The Morgan fingerprint density at radius 2 is 2.26 bits per heavy atom. The highest BCUT2D eigenvalue weighted by atomic mass is 32.2. The number of nitrogens with two attached hydrogens (primary N) is 1. The number of aromatic nitrogens is 3. The third-order valence-electron chi connectivity index (χ3n) is 5.50. The molecular formula is C19H24N6O4S2. The fourth-order valence-electron chi connectivity index (χ4n) is 3.79. The number of nitrogens with zero attached hydrogens (tertiary/aromatic N) is 4. The number of anilines is 1. The highest BCUT2D eigenvalue weighted by Gasteiger charge is 2.49. The highest BCUT2D eigenvalue weighted by Crippen LogP contribution is 2.47. The maximum Gasteiger partial charge on any atom is 0.290 e. The fraction of sp³-hybridized carbons (Fsp3) is 0.526. The van der Waals surface area contributed by atoms with E-state index >= 15 is 0 Å². The number of carbonyl (C=O) groups is 2. The van der Waals surface area contributed by atoms with Crippen LogP contribution in [0.25, 0.3) is 0 Å². The lowest BCUT2D eigenvalue weighted by Gasteiger charge is -2.44. The minimum atomic E-state index is -0.553. The first-order valence-electron chi connectivity index (χ1n) is 9.95. The summed E-state index contributed by atoms with van der Waals surface area (Å²) in [6.45, 7) is 2.30. The van der Waals surface area contributed by atoms with Crippen LogP contribution in [0.2, 0.25) is 0 Å². The van der Waals surface area contributed by atoms with Gasteiger partial charge in [-0.3, -0.25) is 14.3 Å². The number of thiazole rings is 1. The van der Waals surface area contributed by atoms with Crippen molar-refractivity contribution in [2.24, 2.45) is 16.6 Å². The predicted molar refractivity (Wildman–Crippen MR) is 119 cm³/mol. The van der Waals surface area contributed by atoms with Crippen LogP contribution in [-0.4, -0.2) is 55.9 Å². The Labute approximate surface area is 187 Å². The van der Waals surface area contributed by atoms with Gasteiger partial charge in [0.25, 0.3) is 12.4 Å². The molecule has 1 aliphatic carbocycles. The molecule has 3 atom stereocenters. The average Bonchev–Trinajstić information content (AvgIpc) is 3.27. The van der Waals surface area contributed by atoms with Gasteiger partial charge in [-0.05, 0) is 32.3 Å². The first-order chi connectivity index (χ1) is 14.9. The van der Waals surface area contributed by atoms with E-state index in [2.05, 4.69) is 22.3 Å². The number of carbonyl (C=O) groups excluding carboxylic acids is 1. The van der Waals surface area contributed by atoms with Crippen molar-refractivity contribution in [1.82, 2.24) is 14.8 Å². The van der Waals surface area contributed by atoms with E-state index in [1.54, 1.807) is 17.8 Å². The number of ether oxygens (including phenoxy) is 1. The van der Waals surface area contributed by atoms with Gasteiger partial charge in [0.1, 0.15) is 16.4 Å². The normalized spacial score (nSPS) is 27.3. The summed E-state index contributed by atoms with van der Waals surface area (Å²) in [7, 11) is 0. The van der Waals surface area contributed by atoms with Gasteiger partial charge in [0.15, 0.2) is 10.9 Å². The van der Waals surface area contributed by atoms with Gasteiger partial charge < -0.3 is 20.9 Å². The maximum absolute atomic E-state index is 12.5. The molecule has 2 aromatic heterocycles. The first-order valence-corrected chi connectivity index (χ1v) is 11.8. The standard InChI is InChI=1S/C18H22N6O2S2.CH2O2/c1-10-6-11-7-28-17(19)22-18(11,9-26-10)16-21-14(8-27-16)20-15(25)13-4-5-24(23-13)12-2-3-12;2-1-3/h4-5,8,10-12H,2-3,6-7,9H2,1H3,(H2,19,22)(H,20,25);1H,(H,2,3)/t10-,11-,18-;/m0./s1. The summed E-state index contributed by atoms with van der Waals surface area (Å²) in [6.07, 6.45) is 5.24. The third kappa shape index (κ3) is 4.60. The van der Waals surface area contributed by atoms with E-state index in [1.165, 1.54) is 11.3 Å². The molecular weight excluding hydrogens is 440 g/mol. The Balaban J connectivity index is 0.000000730. The molecule has 10 nitrogen and oxygen atoms in total. The number of amides is 1. The topological polar surface area (TPSA) is 145 Å². The number of hydrogen-bond donors (Lipinski definition) is 3. The molecule has 1 amide bonds. The third-order valence-corrected chi connectivity index (χ3v) is 7.47. The second-order valence-corrected chi connectivity index (χ2v) is 9.65. The van der Waals surface area contributed by atoms with Crippen molar-refractivity contribution in [2.45, 2.75) is 43.9 Å². The number of rotatable bonds is 4. The van der Waals surface area contributed by atoms with Crippen molar-refractivity contribution in [1.29, 1.82) is 0 Å². The van der Waals surface area contributed by atoms with E-state index in [1.807, 2.05) is 16.3 Å². The molecule has 31 heavy (non-hydrogen) atoms. The summed E-state index contributed by atoms with van der Waals surface area (Å²) < 4.78 is 7.80. The van der Waals surface area contributed by atoms with Crippen LogP contribution < -0.4 is 11.1 Å². The summed E-state index contributed by atoms with van der Waals surface area (Å²) in [5.41, 5.74) is 5.90. The van der Waals surface area contributed by atoms with E-state index in [9.17, 15) is 4.79 Å². The molecule has 2 aromatic rings. The van der Waals surface area contributed by atoms with Crippen LogP contribution in [-0.2, 0) is 15.1 Å². The van der Waals surface area contributed by atoms with E-state index in [0.29, 0.717) is 35.2 Å². The number of hydrogen-bond acceptors (Lipinski definition) is 9. The van der Waals surface area contributed by atoms with Crippen LogP contribution in [0.15, 0.2) is 22.6 Å². The number of aliphatic imine (C=N–C) groups is 1. The number of amidine groups is 1. The van der Waals surface area contributed by atoms with Gasteiger partial charge in [-0.1, -0.05) is 11.8 Å². The summed E-state index contributed by atoms with van der Waals surface area (Å²) >= 11 is 3.08. The molecule has 2 fully saturated rings. The van der Waals surface area contributed by atoms with Gasteiger partial charge in [-0.15, -0.1) is 11.3 Å². The van der Waals surface area contributed by atoms with E-state index < -0.39 is 5.54 Å². The van der Waals surface area contributed by atoms with Crippen molar-refractivity contribution >= 4 is 46.5 Å². The quantitative estimate of drug-likeness (QED) is 0.585. The number of nitrogens with one attached hydrogen (secondary N) is 1. The molecule has 2 aliphatic heterocycles. The maximum atomic E-state index is 12.5. The second kappa shape index (κ2) is 8.97. The molecule has 0 bridgehead atoms. The predicted octanol–water partition coefficient (Wildman–Crippen LogP) is 2.31. The molecule has 1 saturated heterocycles. The molecule has 0 unspecified atom stereocenters. The molecule has 4 heterocycles. The van der Waals surface area contributed by atoms with Crippen LogP contribution in [0.1, 0.15) is 47.7 Å². The first kappa shape index (κ1) is 21.8. The lowest BCUT2D eigenvalue weighted by Crippen LogP contribution is -2.49. The summed E-state index contributed by atoms with van der Waals surface area (Å²) in [6, 6.07) is 2.19. The second-order valence-electron chi connectivity index (χ2n) is 7.75. The van der Waals surface area contributed by atoms with Crippen LogP contribution in [0.4, 0.5) is 5.82 Å². The van der Waals surface area contributed by atoms with Gasteiger partial charge in [-0.25, -0.2) is 9.98 Å². The van der Waals surface area contributed by atoms with Gasteiger partial charge >= 0.3 is 0 Å². The van der Waals surface area contributed by atoms with Crippen molar-refractivity contribution in [3.63, 3.8) is 0 Å². The Morgan fingerprint density at radius 1 is 1.48 bits per heavy atom. The molecule has 12 heteroatoms. The number of carboxylic acid groups (broad SMARTS) is 1. The molecule has 0 spiro atoms. The molecule has 166 valence electrons. The zero-order chi connectivity index (χ0) is 22.0. The average molecular weight is 465 g/mol. The van der Waals surface area contributed by atoms with Crippen molar-refractivity contribution in [3.05, 3.63) is 28.3 Å². The van der Waals surface area contributed by atoms with Gasteiger partial charge in [0, 0.05) is 23.2 Å². The minimum Gasteiger partial charge on any atom is -0.483 e. The zero-order valence-corrected chi connectivity index (χ0v) is 18.6. The highest BCUT2D eigenvalue weighted by molar-refractivity contribution is 8.13. The summed E-state index contributed by atoms with van der Waals surface area (Å²) in [5.74, 6) is 1.49. The SMILES string of the molecule is C[C@H]1C[C@H]2CSC(N)=N[C@@]2(c2nc(NC(=O)c3ccn(C4CC4)n3)cs2)CO1.O=CO. The van der Waals surface area contributed by atoms with E-state index in [4.69, 9.17) is 25.4 Å². The Bertz CT molecular complexity index is 988.